The predicted octanol–water partition coefficient (Wildman–Crippen LogP) is 4.14. The summed E-state index contributed by atoms with van der Waals surface area (Å²) in [5, 5.41) is 3.60. The Balaban J connectivity index is 2.00. The van der Waals surface area contributed by atoms with Gasteiger partial charge < -0.3 is 5.32 Å². The van der Waals surface area contributed by atoms with Crippen molar-refractivity contribution in [1.82, 2.24) is 4.98 Å². The Morgan fingerprint density at radius 3 is 2.94 bits per heavy atom. The molecule has 2 rings (SSSR count). The van der Waals surface area contributed by atoms with E-state index in [1.165, 1.54) is 31.2 Å². The third-order valence-corrected chi connectivity index (χ3v) is 4.15. The zero-order chi connectivity index (χ0) is 11.5. The molecule has 0 radical (unpaired) electrons. The SMILES string of the molecule is Cc1cc(NC2CCCC(C)C2)cnc1Br. The average Bonchev–Trinajstić information content (AvgIpc) is 2.24. The van der Waals surface area contributed by atoms with Crippen LogP contribution >= 0.6 is 15.9 Å². The summed E-state index contributed by atoms with van der Waals surface area (Å²) in [6.07, 6.45) is 7.22. The number of nitrogens with one attached hydrogen (secondary N) is 1. The van der Waals surface area contributed by atoms with Crippen LogP contribution in [0.25, 0.3) is 0 Å². The first-order valence-corrected chi connectivity index (χ1v) is 6.83. The molecular formula is C13H19BrN2. The second-order valence-electron chi connectivity index (χ2n) is 4.94. The molecule has 2 nitrogen and oxygen atoms in total. The maximum absolute atomic E-state index is 4.32. The van der Waals surface area contributed by atoms with E-state index in [0.717, 1.165) is 16.2 Å². The largest absolute Gasteiger partial charge is 0.381 e. The van der Waals surface area contributed by atoms with Gasteiger partial charge in [0, 0.05) is 6.04 Å². The standard InChI is InChI=1S/C13H19BrN2/c1-9-4-3-5-11(6-9)16-12-7-10(2)13(14)15-8-12/h7-9,11,16H,3-6H2,1-2H3. The number of pyridine rings is 1. The maximum Gasteiger partial charge on any atom is 0.109 e. The minimum Gasteiger partial charge on any atom is -0.381 e. The van der Waals surface area contributed by atoms with Gasteiger partial charge in [-0.15, -0.1) is 0 Å². The summed E-state index contributed by atoms with van der Waals surface area (Å²) in [7, 11) is 0. The topological polar surface area (TPSA) is 24.9 Å². The number of anilines is 1. The van der Waals surface area contributed by atoms with E-state index in [1.54, 1.807) is 0 Å². The van der Waals surface area contributed by atoms with Gasteiger partial charge >= 0.3 is 0 Å². The van der Waals surface area contributed by atoms with E-state index in [1.807, 2.05) is 6.20 Å². The van der Waals surface area contributed by atoms with E-state index >= 15 is 0 Å². The highest BCUT2D eigenvalue weighted by Gasteiger charge is 2.18. The van der Waals surface area contributed by atoms with Crippen molar-refractivity contribution in [3.63, 3.8) is 0 Å². The first-order valence-electron chi connectivity index (χ1n) is 6.04. The molecule has 1 N–H and O–H groups in total. The highest BCUT2D eigenvalue weighted by atomic mass is 79.9. The van der Waals surface area contributed by atoms with E-state index in [0.29, 0.717) is 6.04 Å². The van der Waals surface area contributed by atoms with Crippen LogP contribution in [0, 0.1) is 12.8 Å². The fourth-order valence-corrected chi connectivity index (χ4v) is 2.65. The lowest BCUT2D eigenvalue weighted by atomic mass is 9.87. The van der Waals surface area contributed by atoms with Crippen molar-refractivity contribution < 1.29 is 0 Å². The summed E-state index contributed by atoms with van der Waals surface area (Å²) in [4.78, 5) is 4.32. The molecule has 0 spiro atoms. The summed E-state index contributed by atoms with van der Waals surface area (Å²) < 4.78 is 0.940. The third kappa shape index (κ3) is 2.97. The second-order valence-corrected chi connectivity index (χ2v) is 5.70. The molecule has 1 aromatic rings. The van der Waals surface area contributed by atoms with Crippen molar-refractivity contribution in [2.24, 2.45) is 5.92 Å². The quantitative estimate of drug-likeness (QED) is 0.825. The van der Waals surface area contributed by atoms with Crippen molar-refractivity contribution >= 4 is 21.6 Å². The number of rotatable bonds is 2. The fraction of sp³-hybridized carbons (Fsp3) is 0.615. The minimum atomic E-state index is 0.631. The molecule has 88 valence electrons. The van der Waals surface area contributed by atoms with E-state index in [2.05, 4.69) is 46.1 Å². The van der Waals surface area contributed by atoms with Gasteiger partial charge in [-0.25, -0.2) is 4.98 Å². The van der Waals surface area contributed by atoms with E-state index in [-0.39, 0.29) is 0 Å². The van der Waals surface area contributed by atoms with E-state index in [4.69, 9.17) is 0 Å². The first kappa shape index (κ1) is 11.9. The Hall–Kier alpha value is -0.570. The van der Waals surface area contributed by atoms with Gasteiger partial charge in [-0.05, 0) is 53.2 Å². The third-order valence-electron chi connectivity index (χ3n) is 3.32. The Labute approximate surface area is 106 Å². The number of hydrogen-bond acceptors (Lipinski definition) is 2. The maximum atomic E-state index is 4.32. The predicted molar refractivity (Wildman–Crippen MR) is 71.7 cm³/mol. The molecule has 1 saturated carbocycles. The van der Waals surface area contributed by atoms with Crippen LogP contribution in [0.2, 0.25) is 0 Å². The lowest BCUT2D eigenvalue weighted by Gasteiger charge is -2.28. The minimum absolute atomic E-state index is 0.631. The number of aromatic nitrogens is 1. The molecule has 1 heterocycles. The summed E-state index contributed by atoms with van der Waals surface area (Å²) in [5.41, 5.74) is 2.34. The molecule has 2 unspecified atom stereocenters. The Bertz CT molecular complexity index is 365. The highest BCUT2D eigenvalue weighted by Crippen LogP contribution is 2.26. The lowest BCUT2D eigenvalue weighted by molar-refractivity contribution is 0.358. The molecule has 0 amide bonds. The summed E-state index contributed by atoms with van der Waals surface area (Å²) in [6, 6.07) is 2.79. The van der Waals surface area contributed by atoms with Crippen LogP contribution in [-0.4, -0.2) is 11.0 Å². The normalized spacial score (nSPS) is 25.4. The van der Waals surface area contributed by atoms with E-state index < -0.39 is 0 Å². The summed E-state index contributed by atoms with van der Waals surface area (Å²) in [6.45, 7) is 4.42. The van der Waals surface area contributed by atoms with Gasteiger partial charge in [-0.2, -0.15) is 0 Å². The van der Waals surface area contributed by atoms with Crippen LogP contribution in [-0.2, 0) is 0 Å². The zero-order valence-electron chi connectivity index (χ0n) is 9.96. The van der Waals surface area contributed by atoms with Crippen LogP contribution in [0.1, 0.15) is 38.2 Å². The number of halogens is 1. The summed E-state index contributed by atoms with van der Waals surface area (Å²) in [5.74, 6) is 0.857. The van der Waals surface area contributed by atoms with Gasteiger partial charge in [0.1, 0.15) is 4.60 Å². The van der Waals surface area contributed by atoms with Crippen molar-refractivity contribution in [3.05, 3.63) is 22.4 Å². The molecule has 0 aromatic carbocycles. The first-order chi connectivity index (χ1) is 7.65. The van der Waals surface area contributed by atoms with E-state index in [9.17, 15) is 0 Å². The van der Waals surface area contributed by atoms with Crippen LogP contribution in [0.3, 0.4) is 0 Å². The monoisotopic (exact) mass is 282 g/mol. The number of nitrogens with zero attached hydrogens (tertiary/aromatic N) is 1. The smallest absolute Gasteiger partial charge is 0.109 e. The Kier molecular flexibility index (Phi) is 3.85. The lowest BCUT2D eigenvalue weighted by Crippen LogP contribution is -2.26. The fourth-order valence-electron chi connectivity index (χ4n) is 2.44. The molecular weight excluding hydrogens is 264 g/mol. The van der Waals surface area contributed by atoms with Gasteiger partial charge in [0.25, 0.3) is 0 Å². The van der Waals surface area contributed by atoms with Gasteiger partial charge in [0.2, 0.25) is 0 Å². The zero-order valence-corrected chi connectivity index (χ0v) is 11.5. The molecule has 3 heteroatoms. The molecule has 1 aromatic heterocycles. The second kappa shape index (κ2) is 5.17. The van der Waals surface area contributed by atoms with Gasteiger partial charge in [-0.3, -0.25) is 0 Å². The van der Waals surface area contributed by atoms with Gasteiger partial charge in [0.05, 0.1) is 11.9 Å². The molecule has 1 aliphatic rings. The van der Waals surface area contributed by atoms with Gasteiger partial charge in [-0.1, -0.05) is 19.8 Å². The summed E-state index contributed by atoms with van der Waals surface area (Å²) >= 11 is 3.43. The molecule has 2 atom stereocenters. The average molecular weight is 283 g/mol. The van der Waals surface area contributed by atoms with Crippen molar-refractivity contribution in [2.45, 2.75) is 45.6 Å². The number of aryl methyl sites for hydroxylation is 1. The number of hydrogen-bond donors (Lipinski definition) is 1. The van der Waals surface area contributed by atoms with Crippen molar-refractivity contribution in [3.8, 4) is 0 Å². The molecule has 0 bridgehead atoms. The molecule has 0 aliphatic heterocycles. The molecule has 1 fully saturated rings. The molecule has 16 heavy (non-hydrogen) atoms. The van der Waals surface area contributed by atoms with Gasteiger partial charge in [0.15, 0.2) is 0 Å². The van der Waals surface area contributed by atoms with Crippen molar-refractivity contribution in [2.75, 3.05) is 5.32 Å². The van der Waals surface area contributed by atoms with Crippen LogP contribution in [0.4, 0.5) is 5.69 Å². The molecule has 0 saturated heterocycles. The van der Waals surface area contributed by atoms with Crippen LogP contribution < -0.4 is 5.32 Å². The highest BCUT2D eigenvalue weighted by molar-refractivity contribution is 9.10. The van der Waals surface area contributed by atoms with Crippen LogP contribution in [0.15, 0.2) is 16.9 Å². The Morgan fingerprint density at radius 2 is 2.25 bits per heavy atom. The molecule has 1 aliphatic carbocycles. The Morgan fingerprint density at radius 1 is 1.44 bits per heavy atom. The van der Waals surface area contributed by atoms with Crippen LogP contribution in [0.5, 0.6) is 0 Å². The van der Waals surface area contributed by atoms with Crippen molar-refractivity contribution in [1.29, 1.82) is 0 Å².